The van der Waals surface area contributed by atoms with Crippen molar-refractivity contribution in [2.45, 2.75) is 32.7 Å². The lowest BCUT2D eigenvalue weighted by Gasteiger charge is -2.34. The van der Waals surface area contributed by atoms with Crippen LogP contribution in [0.4, 0.5) is 0 Å². The van der Waals surface area contributed by atoms with Gasteiger partial charge in [-0.05, 0) is 42.2 Å². The zero-order valence-electron chi connectivity index (χ0n) is 17.9. The first-order chi connectivity index (χ1) is 14.3. The highest BCUT2D eigenvalue weighted by molar-refractivity contribution is 6.31. The zero-order valence-corrected chi connectivity index (χ0v) is 18.7. The fraction of sp³-hybridized carbons (Fsp3) is 0.417. The first kappa shape index (κ1) is 22.3. The van der Waals surface area contributed by atoms with Gasteiger partial charge < -0.3 is 10.2 Å². The van der Waals surface area contributed by atoms with Crippen LogP contribution in [-0.2, 0) is 4.79 Å². The van der Waals surface area contributed by atoms with Crippen LogP contribution >= 0.6 is 11.6 Å². The molecule has 30 heavy (non-hydrogen) atoms. The van der Waals surface area contributed by atoms with E-state index in [1.165, 1.54) is 5.56 Å². The van der Waals surface area contributed by atoms with Crippen LogP contribution in [0.25, 0.3) is 0 Å². The van der Waals surface area contributed by atoms with E-state index < -0.39 is 0 Å². The lowest BCUT2D eigenvalue weighted by atomic mass is 10.0. The Bertz CT molecular complexity index is 874. The third kappa shape index (κ3) is 5.61. The molecule has 2 aromatic carbocycles. The van der Waals surface area contributed by atoms with E-state index in [9.17, 15) is 9.59 Å². The SMILES string of the molecule is CC(C)c1ccc(C(=O)N2CCN(CC(=O)NC(C)c3ccccc3Cl)CC2)cc1. The summed E-state index contributed by atoms with van der Waals surface area (Å²) in [6.07, 6.45) is 0. The van der Waals surface area contributed by atoms with Crippen molar-refractivity contribution in [3.8, 4) is 0 Å². The highest BCUT2D eigenvalue weighted by Gasteiger charge is 2.24. The minimum Gasteiger partial charge on any atom is -0.348 e. The van der Waals surface area contributed by atoms with E-state index in [0.717, 1.165) is 11.1 Å². The second-order valence-corrected chi connectivity index (χ2v) is 8.56. The Morgan fingerprint density at radius 3 is 2.20 bits per heavy atom. The summed E-state index contributed by atoms with van der Waals surface area (Å²) in [6.45, 7) is 9.15. The first-order valence-electron chi connectivity index (χ1n) is 10.5. The van der Waals surface area contributed by atoms with Gasteiger partial charge in [-0.1, -0.05) is 55.8 Å². The summed E-state index contributed by atoms with van der Waals surface area (Å²) in [6, 6.07) is 15.3. The minimum atomic E-state index is -0.150. The largest absolute Gasteiger partial charge is 0.348 e. The van der Waals surface area contributed by atoms with Gasteiger partial charge in [-0.3, -0.25) is 14.5 Å². The standard InChI is InChI=1S/C24H30ClN3O2/c1-17(2)19-8-10-20(11-9-19)24(30)28-14-12-27(13-15-28)16-23(29)26-18(3)21-6-4-5-7-22(21)25/h4-11,17-18H,12-16H2,1-3H3,(H,26,29). The van der Waals surface area contributed by atoms with Crippen LogP contribution in [0.1, 0.15) is 54.2 Å². The molecular formula is C24H30ClN3O2. The lowest BCUT2D eigenvalue weighted by Crippen LogP contribution is -2.51. The summed E-state index contributed by atoms with van der Waals surface area (Å²) in [5.74, 6) is 0.470. The van der Waals surface area contributed by atoms with Crippen molar-refractivity contribution in [1.29, 1.82) is 0 Å². The topological polar surface area (TPSA) is 52.7 Å². The fourth-order valence-corrected chi connectivity index (χ4v) is 4.00. The van der Waals surface area contributed by atoms with Gasteiger partial charge in [0.15, 0.2) is 0 Å². The number of nitrogens with zero attached hydrogens (tertiary/aromatic N) is 2. The highest BCUT2D eigenvalue weighted by Crippen LogP contribution is 2.22. The molecule has 1 unspecified atom stereocenters. The molecule has 1 N–H and O–H groups in total. The number of hydrogen-bond donors (Lipinski definition) is 1. The number of piperazine rings is 1. The van der Waals surface area contributed by atoms with Crippen molar-refractivity contribution in [2.24, 2.45) is 0 Å². The van der Waals surface area contributed by atoms with Crippen LogP contribution < -0.4 is 5.32 Å². The summed E-state index contributed by atoms with van der Waals surface area (Å²) in [5, 5.41) is 3.66. The van der Waals surface area contributed by atoms with Crippen LogP contribution in [-0.4, -0.2) is 54.3 Å². The second-order valence-electron chi connectivity index (χ2n) is 8.16. The van der Waals surface area contributed by atoms with Crippen molar-refractivity contribution >= 4 is 23.4 Å². The van der Waals surface area contributed by atoms with E-state index in [2.05, 4.69) is 24.1 Å². The van der Waals surface area contributed by atoms with Gasteiger partial charge in [-0.15, -0.1) is 0 Å². The van der Waals surface area contributed by atoms with E-state index in [4.69, 9.17) is 11.6 Å². The summed E-state index contributed by atoms with van der Waals surface area (Å²) in [5.41, 5.74) is 2.86. The van der Waals surface area contributed by atoms with Crippen LogP contribution in [0.5, 0.6) is 0 Å². The number of nitrogens with one attached hydrogen (secondary N) is 1. The predicted molar refractivity (Wildman–Crippen MR) is 121 cm³/mol. The molecule has 1 aliphatic heterocycles. The van der Waals surface area contributed by atoms with Gasteiger partial charge in [0, 0.05) is 36.8 Å². The molecule has 0 bridgehead atoms. The molecule has 0 spiro atoms. The minimum absolute atomic E-state index is 0.0357. The number of halogens is 1. The predicted octanol–water partition coefficient (Wildman–Crippen LogP) is 4.10. The molecule has 2 aromatic rings. The van der Waals surface area contributed by atoms with Crippen molar-refractivity contribution in [3.05, 3.63) is 70.2 Å². The molecule has 1 aliphatic rings. The molecule has 0 saturated carbocycles. The molecular weight excluding hydrogens is 398 g/mol. The Balaban J connectivity index is 1.47. The first-order valence-corrected chi connectivity index (χ1v) is 10.9. The van der Waals surface area contributed by atoms with E-state index >= 15 is 0 Å². The zero-order chi connectivity index (χ0) is 21.7. The number of benzene rings is 2. The lowest BCUT2D eigenvalue weighted by molar-refractivity contribution is -0.123. The summed E-state index contributed by atoms with van der Waals surface area (Å²) < 4.78 is 0. The second kappa shape index (κ2) is 10.1. The van der Waals surface area contributed by atoms with Gasteiger partial charge in [0.05, 0.1) is 12.6 Å². The fourth-order valence-electron chi connectivity index (χ4n) is 3.70. The number of hydrogen-bond acceptors (Lipinski definition) is 3. The Labute approximate surface area is 184 Å². The maximum atomic E-state index is 12.8. The van der Waals surface area contributed by atoms with Crippen molar-refractivity contribution in [3.63, 3.8) is 0 Å². The van der Waals surface area contributed by atoms with Gasteiger partial charge in [0.1, 0.15) is 0 Å². The highest BCUT2D eigenvalue weighted by atomic mass is 35.5. The van der Waals surface area contributed by atoms with Crippen molar-refractivity contribution in [1.82, 2.24) is 15.1 Å². The maximum absolute atomic E-state index is 12.8. The Morgan fingerprint density at radius 2 is 1.60 bits per heavy atom. The van der Waals surface area contributed by atoms with Gasteiger partial charge in [-0.25, -0.2) is 0 Å². The molecule has 2 amide bonds. The van der Waals surface area contributed by atoms with Crippen LogP contribution in [0.2, 0.25) is 5.02 Å². The normalized spacial score (nSPS) is 15.8. The average molecular weight is 428 g/mol. The van der Waals surface area contributed by atoms with Gasteiger partial charge in [0.25, 0.3) is 5.91 Å². The molecule has 0 aromatic heterocycles. The monoisotopic (exact) mass is 427 g/mol. The smallest absolute Gasteiger partial charge is 0.253 e. The summed E-state index contributed by atoms with van der Waals surface area (Å²) >= 11 is 6.22. The molecule has 3 rings (SSSR count). The van der Waals surface area contributed by atoms with E-state index in [0.29, 0.717) is 43.7 Å². The average Bonchev–Trinajstić information content (AvgIpc) is 2.74. The van der Waals surface area contributed by atoms with Crippen molar-refractivity contribution in [2.75, 3.05) is 32.7 Å². The van der Waals surface area contributed by atoms with Crippen molar-refractivity contribution < 1.29 is 9.59 Å². The molecule has 1 heterocycles. The Kier molecular flexibility index (Phi) is 7.51. The molecule has 1 fully saturated rings. The number of rotatable bonds is 6. The summed E-state index contributed by atoms with van der Waals surface area (Å²) in [4.78, 5) is 29.2. The molecule has 160 valence electrons. The molecule has 0 radical (unpaired) electrons. The third-order valence-corrected chi connectivity index (χ3v) is 5.94. The van der Waals surface area contributed by atoms with Crippen LogP contribution in [0.15, 0.2) is 48.5 Å². The number of carbonyl (C=O) groups is 2. The van der Waals surface area contributed by atoms with Crippen LogP contribution in [0, 0.1) is 0 Å². The molecule has 5 nitrogen and oxygen atoms in total. The van der Waals surface area contributed by atoms with E-state index in [-0.39, 0.29) is 17.9 Å². The molecule has 6 heteroatoms. The molecule has 1 atom stereocenters. The maximum Gasteiger partial charge on any atom is 0.253 e. The van der Waals surface area contributed by atoms with E-state index in [1.807, 2.05) is 60.4 Å². The third-order valence-electron chi connectivity index (χ3n) is 5.60. The summed E-state index contributed by atoms with van der Waals surface area (Å²) in [7, 11) is 0. The number of amides is 2. The van der Waals surface area contributed by atoms with Gasteiger partial charge in [-0.2, -0.15) is 0 Å². The van der Waals surface area contributed by atoms with Gasteiger partial charge in [0.2, 0.25) is 5.91 Å². The molecule has 0 aliphatic carbocycles. The van der Waals surface area contributed by atoms with E-state index in [1.54, 1.807) is 0 Å². The van der Waals surface area contributed by atoms with Gasteiger partial charge >= 0.3 is 0 Å². The molecule has 1 saturated heterocycles. The number of carbonyl (C=O) groups excluding carboxylic acids is 2. The quantitative estimate of drug-likeness (QED) is 0.755. The van der Waals surface area contributed by atoms with Crippen LogP contribution in [0.3, 0.4) is 0 Å². The Morgan fingerprint density at radius 1 is 0.967 bits per heavy atom. The Hall–Kier alpha value is -2.37.